The Hall–Kier alpha value is -2.23. The van der Waals surface area contributed by atoms with Gasteiger partial charge in [0.15, 0.2) is 0 Å². The summed E-state index contributed by atoms with van der Waals surface area (Å²) in [6.07, 6.45) is 7.67. The van der Waals surface area contributed by atoms with Crippen molar-refractivity contribution in [1.82, 2.24) is 19.7 Å². The molecule has 3 heterocycles. The van der Waals surface area contributed by atoms with E-state index in [1.165, 1.54) is 0 Å². The molecule has 2 unspecified atom stereocenters. The lowest BCUT2D eigenvalue weighted by atomic mass is 10.0. The van der Waals surface area contributed by atoms with Gasteiger partial charge in [-0.05, 0) is 37.9 Å². The second-order valence-corrected chi connectivity index (χ2v) is 6.12. The zero-order valence-electron chi connectivity index (χ0n) is 13.3. The maximum absolute atomic E-state index is 10.4. The predicted molar refractivity (Wildman–Crippen MR) is 85.2 cm³/mol. The van der Waals surface area contributed by atoms with E-state index in [1.807, 2.05) is 19.3 Å². The molecule has 2 atom stereocenters. The van der Waals surface area contributed by atoms with E-state index in [4.69, 9.17) is 5.26 Å². The highest BCUT2D eigenvalue weighted by Gasteiger charge is 2.27. The Bertz CT molecular complexity index is 688. The smallest absolute Gasteiger partial charge is 0.101 e. The van der Waals surface area contributed by atoms with Gasteiger partial charge < -0.3 is 5.11 Å². The number of aliphatic hydroxyl groups is 1. The average molecular weight is 311 g/mol. The van der Waals surface area contributed by atoms with Crippen LogP contribution in [0, 0.1) is 11.3 Å². The monoisotopic (exact) mass is 311 g/mol. The Balaban J connectivity index is 1.62. The van der Waals surface area contributed by atoms with Gasteiger partial charge in [-0.25, -0.2) is 0 Å². The third kappa shape index (κ3) is 3.76. The molecule has 0 aromatic carbocycles. The zero-order valence-corrected chi connectivity index (χ0v) is 13.3. The van der Waals surface area contributed by atoms with Crippen LogP contribution in [0.15, 0.2) is 30.7 Å². The fraction of sp³-hybridized carbons (Fsp3) is 0.471. The first-order chi connectivity index (χ1) is 11.2. The van der Waals surface area contributed by atoms with Crippen molar-refractivity contribution in [2.24, 2.45) is 7.05 Å². The van der Waals surface area contributed by atoms with Crippen molar-refractivity contribution in [2.75, 3.05) is 6.54 Å². The first-order valence-electron chi connectivity index (χ1n) is 7.91. The van der Waals surface area contributed by atoms with E-state index < -0.39 is 6.10 Å². The Morgan fingerprint density at radius 2 is 2.30 bits per heavy atom. The Labute approximate surface area is 136 Å². The number of hydrogen-bond acceptors (Lipinski definition) is 5. The highest BCUT2D eigenvalue weighted by atomic mass is 16.3. The highest BCUT2D eigenvalue weighted by Crippen LogP contribution is 2.28. The van der Waals surface area contributed by atoms with Crippen molar-refractivity contribution < 1.29 is 5.11 Å². The standard InChI is InChI=1S/C17H21N5O/c1-21-11-14(10-20-21)17(23)7-16-3-2-6-22(16)12-15-5-4-13(8-18)9-19-15/h4-5,9-11,16-17,23H,2-3,6-7,12H2,1H3. The molecule has 0 saturated carbocycles. The Kier molecular flexibility index (Phi) is 4.70. The van der Waals surface area contributed by atoms with Crippen LogP contribution in [0.4, 0.5) is 0 Å². The van der Waals surface area contributed by atoms with Gasteiger partial charge in [-0.1, -0.05) is 0 Å². The minimum absolute atomic E-state index is 0.350. The summed E-state index contributed by atoms with van der Waals surface area (Å²) < 4.78 is 1.71. The second-order valence-electron chi connectivity index (χ2n) is 6.12. The summed E-state index contributed by atoms with van der Waals surface area (Å²) in [5.41, 5.74) is 2.42. The van der Waals surface area contributed by atoms with Crippen molar-refractivity contribution in [3.63, 3.8) is 0 Å². The number of nitriles is 1. The lowest BCUT2D eigenvalue weighted by molar-refractivity contribution is 0.117. The number of likely N-dealkylation sites (tertiary alicyclic amines) is 1. The SMILES string of the molecule is Cn1cc(C(O)CC2CCCN2Cc2ccc(C#N)cn2)cn1. The van der Waals surface area contributed by atoms with E-state index in [9.17, 15) is 5.11 Å². The Morgan fingerprint density at radius 1 is 1.43 bits per heavy atom. The molecule has 6 nitrogen and oxygen atoms in total. The number of aromatic nitrogens is 3. The van der Waals surface area contributed by atoms with Gasteiger partial charge >= 0.3 is 0 Å². The van der Waals surface area contributed by atoms with Crippen molar-refractivity contribution in [2.45, 2.75) is 38.0 Å². The molecule has 2 aromatic rings. The molecule has 1 saturated heterocycles. The summed E-state index contributed by atoms with van der Waals surface area (Å²) in [6, 6.07) is 6.15. The zero-order chi connectivity index (χ0) is 16.2. The normalized spacial score (nSPS) is 19.6. The molecule has 1 fully saturated rings. The average Bonchev–Trinajstić information content (AvgIpc) is 3.17. The van der Waals surface area contributed by atoms with Crippen LogP contribution in [-0.2, 0) is 13.6 Å². The topological polar surface area (TPSA) is 78.0 Å². The fourth-order valence-electron chi connectivity index (χ4n) is 3.17. The molecule has 0 spiro atoms. The van der Waals surface area contributed by atoms with Gasteiger partial charge in [-0.3, -0.25) is 14.6 Å². The van der Waals surface area contributed by atoms with Crippen LogP contribution in [0.5, 0.6) is 0 Å². The van der Waals surface area contributed by atoms with Crippen molar-refractivity contribution in [3.8, 4) is 6.07 Å². The molecule has 6 heteroatoms. The number of rotatable bonds is 5. The van der Waals surface area contributed by atoms with Gasteiger partial charge in [0, 0.05) is 37.6 Å². The molecular formula is C17H21N5O. The molecular weight excluding hydrogens is 290 g/mol. The number of hydrogen-bond donors (Lipinski definition) is 1. The summed E-state index contributed by atoms with van der Waals surface area (Å²) in [5.74, 6) is 0. The minimum atomic E-state index is -0.483. The van der Waals surface area contributed by atoms with Crippen LogP contribution in [0.2, 0.25) is 0 Å². The van der Waals surface area contributed by atoms with Gasteiger partial charge in [0.2, 0.25) is 0 Å². The first-order valence-corrected chi connectivity index (χ1v) is 7.91. The van der Waals surface area contributed by atoms with E-state index in [2.05, 4.69) is 21.1 Å². The molecule has 1 N–H and O–H groups in total. The third-order valence-electron chi connectivity index (χ3n) is 4.42. The second kappa shape index (κ2) is 6.90. The molecule has 2 aromatic heterocycles. The summed E-state index contributed by atoms with van der Waals surface area (Å²) in [5, 5.41) is 23.4. The number of aryl methyl sites for hydroxylation is 1. The summed E-state index contributed by atoms with van der Waals surface area (Å²) in [6.45, 7) is 1.78. The van der Waals surface area contributed by atoms with Gasteiger partial charge in [0.05, 0.1) is 23.6 Å². The fourth-order valence-corrected chi connectivity index (χ4v) is 3.17. The van der Waals surface area contributed by atoms with Crippen LogP contribution >= 0.6 is 0 Å². The molecule has 0 aliphatic carbocycles. The van der Waals surface area contributed by atoms with Crippen LogP contribution in [0.1, 0.15) is 42.2 Å². The molecule has 0 bridgehead atoms. The molecule has 0 radical (unpaired) electrons. The molecule has 3 rings (SSSR count). The molecule has 120 valence electrons. The highest BCUT2D eigenvalue weighted by molar-refractivity contribution is 5.26. The van der Waals surface area contributed by atoms with E-state index in [-0.39, 0.29) is 0 Å². The maximum atomic E-state index is 10.4. The van der Waals surface area contributed by atoms with Crippen LogP contribution < -0.4 is 0 Å². The maximum Gasteiger partial charge on any atom is 0.101 e. The largest absolute Gasteiger partial charge is 0.388 e. The van der Waals surface area contributed by atoms with Crippen molar-refractivity contribution >= 4 is 0 Å². The van der Waals surface area contributed by atoms with Crippen LogP contribution in [-0.4, -0.2) is 37.4 Å². The van der Waals surface area contributed by atoms with Gasteiger partial charge in [-0.15, -0.1) is 0 Å². The van der Waals surface area contributed by atoms with Crippen LogP contribution in [0.3, 0.4) is 0 Å². The summed E-state index contributed by atoms with van der Waals surface area (Å²) in [4.78, 5) is 6.72. The van der Waals surface area contributed by atoms with E-state index in [0.717, 1.165) is 37.2 Å². The first kappa shape index (κ1) is 15.7. The Morgan fingerprint density at radius 3 is 2.96 bits per heavy atom. The quantitative estimate of drug-likeness (QED) is 0.910. The third-order valence-corrected chi connectivity index (χ3v) is 4.42. The molecule has 1 aliphatic heterocycles. The minimum Gasteiger partial charge on any atom is -0.388 e. The lowest BCUT2D eigenvalue weighted by Gasteiger charge is -2.25. The van der Waals surface area contributed by atoms with Crippen LogP contribution in [0.25, 0.3) is 0 Å². The number of nitrogens with zero attached hydrogens (tertiary/aromatic N) is 5. The van der Waals surface area contributed by atoms with Crippen molar-refractivity contribution in [1.29, 1.82) is 5.26 Å². The summed E-state index contributed by atoms with van der Waals surface area (Å²) in [7, 11) is 1.86. The number of aliphatic hydroxyl groups excluding tert-OH is 1. The van der Waals surface area contributed by atoms with E-state index in [0.29, 0.717) is 18.0 Å². The lowest BCUT2D eigenvalue weighted by Crippen LogP contribution is -2.30. The van der Waals surface area contributed by atoms with E-state index in [1.54, 1.807) is 23.1 Å². The van der Waals surface area contributed by atoms with Gasteiger partial charge in [-0.2, -0.15) is 10.4 Å². The van der Waals surface area contributed by atoms with Gasteiger partial charge in [0.1, 0.15) is 6.07 Å². The molecule has 0 amide bonds. The molecule has 1 aliphatic rings. The molecule has 23 heavy (non-hydrogen) atoms. The van der Waals surface area contributed by atoms with Gasteiger partial charge in [0.25, 0.3) is 0 Å². The predicted octanol–water partition coefficient (Wildman–Crippen LogP) is 1.77. The van der Waals surface area contributed by atoms with Crippen molar-refractivity contribution in [3.05, 3.63) is 47.5 Å². The van der Waals surface area contributed by atoms with E-state index >= 15 is 0 Å². The number of pyridine rings is 1. The summed E-state index contributed by atoms with van der Waals surface area (Å²) >= 11 is 0.